The van der Waals surface area contributed by atoms with Crippen molar-refractivity contribution in [2.75, 3.05) is 26.2 Å². The Hall–Kier alpha value is -1.79. The molecule has 1 aromatic carbocycles. The van der Waals surface area contributed by atoms with E-state index in [9.17, 15) is 9.59 Å². The molecular weight excluding hydrogens is 366 g/mol. The van der Waals surface area contributed by atoms with Crippen molar-refractivity contribution in [2.45, 2.75) is 51.5 Å². The number of aryl methyl sites for hydroxylation is 1. The molecule has 1 fully saturated rings. The van der Waals surface area contributed by atoms with E-state index in [2.05, 4.69) is 5.32 Å². The quantitative estimate of drug-likeness (QED) is 0.626. The van der Waals surface area contributed by atoms with Gasteiger partial charge in [-0.1, -0.05) is 18.2 Å². The van der Waals surface area contributed by atoms with Gasteiger partial charge in [-0.15, -0.1) is 12.4 Å². The van der Waals surface area contributed by atoms with Crippen molar-refractivity contribution < 1.29 is 14.3 Å². The van der Waals surface area contributed by atoms with Crippen LogP contribution < -0.4 is 15.8 Å². The van der Waals surface area contributed by atoms with Crippen molar-refractivity contribution in [3.05, 3.63) is 29.8 Å². The molecule has 1 aromatic rings. The van der Waals surface area contributed by atoms with Gasteiger partial charge in [0.05, 0.1) is 6.61 Å². The summed E-state index contributed by atoms with van der Waals surface area (Å²) in [4.78, 5) is 26.1. The molecule has 0 aliphatic carbocycles. The molecule has 0 aromatic heterocycles. The highest BCUT2D eigenvalue weighted by atomic mass is 35.5. The van der Waals surface area contributed by atoms with Crippen LogP contribution in [0, 0.1) is 6.92 Å². The maximum Gasteiger partial charge on any atom is 0.223 e. The second-order valence-corrected chi connectivity index (χ2v) is 6.80. The highest BCUT2D eigenvalue weighted by molar-refractivity contribution is 5.85. The number of nitrogens with zero attached hydrogens (tertiary/aromatic N) is 1. The molecule has 1 aliphatic rings. The summed E-state index contributed by atoms with van der Waals surface area (Å²) >= 11 is 0. The molecule has 7 heteroatoms. The summed E-state index contributed by atoms with van der Waals surface area (Å²) in [7, 11) is 0. The molecule has 2 rings (SSSR count). The summed E-state index contributed by atoms with van der Waals surface area (Å²) in [6.45, 7) is 4.18. The van der Waals surface area contributed by atoms with E-state index in [0.29, 0.717) is 39.0 Å². The van der Waals surface area contributed by atoms with E-state index in [1.165, 1.54) is 0 Å². The Morgan fingerprint density at radius 3 is 2.78 bits per heavy atom. The lowest BCUT2D eigenvalue weighted by Gasteiger charge is -2.36. The van der Waals surface area contributed by atoms with Crippen LogP contribution in [-0.4, -0.2) is 49.0 Å². The van der Waals surface area contributed by atoms with Crippen molar-refractivity contribution in [1.29, 1.82) is 0 Å². The number of likely N-dealkylation sites (tertiary alicyclic amines) is 1. The van der Waals surface area contributed by atoms with Crippen LogP contribution in [-0.2, 0) is 9.59 Å². The van der Waals surface area contributed by atoms with Gasteiger partial charge in [-0.25, -0.2) is 0 Å². The van der Waals surface area contributed by atoms with Gasteiger partial charge in [0, 0.05) is 38.5 Å². The summed E-state index contributed by atoms with van der Waals surface area (Å²) in [5.41, 5.74) is 6.50. The number of para-hydroxylation sites is 1. The summed E-state index contributed by atoms with van der Waals surface area (Å²) in [5.74, 6) is 0.978. The third kappa shape index (κ3) is 7.77. The van der Waals surface area contributed by atoms with Gasteiger partial charge in [0.25, 0.3) is 0 Å². The zero-order chi connectivity index (χ0) is 18.8. The number of hydrogen-bond donors (Lipinski definition) is 2. The number of carbonyl (C=O) groups is 2. The first-order chi connectivity index (χ1) is 12.6. The van der Waals surface area contributed by atoms with E-state index in [0.717, 1.165) is 37.1 Å². The highest BCUT2D eigenvalue weighted by Crippen LogP contribution is 2.19. The number of rotatable bonds is 9. The normalized spacial score (nSPS) is 16.4. The van der Waals surface area contributed by atoms with Gasteiger partial charge >= 0.3 is 0 Å². The van der Waals surface area contributed by atoms with Crippen molar-refractivity contribution >= 4 is 24.2 Å². The molecular formula is C20H32ClN3O3. The van der Waals surface area contributed by atoms with Crippen LogP contribution in [0.5, 0.6) is 5.75 Å². The van der Waals surface area contributed by atoms with Crippen LogP contribution in [0.3, 0.4) is 0 Å². The zero-order valence-corrected chi connectivity index (χ0v) is 16.9. The molecule has 2 amide bonds. The molecule has 1 atom stereocenters. The van der Waals surface area contributed by atoms with Gasteiger partial charge < -0.3 is 20.7 Å². The SMILES string of the molecule is Cc1ccccc1OCCCC(=O)N1CCCCC1CNC(=O)CCN.Cl. The van der Waals surface area contributed by atoms with E-state index in [1.54, 1.807) is 0 Å². The molecule has 1 unspecified atom stereocenters. The minimum Gasteiger partial charge on any atom is -0.493 e. The molecule has 0 spiro atoms. The molecule has 1 aliphatic heterocycles. The third-order valence-corrected chi connectivity index (χ3v) is 4.74. The number of hydrogen-bond acceptors (Lipinski definition) is 4. The predicted molar refractivity (Wildman–Crippen MR) is 109 cm³/mol. The third-order valence-electron chi connectivity index (χ3n) is 4.74. The fourth-order valence-corrected chi connectivity index (χ4v) is 3.26. The topological polar surface area (TPSA) is 84.7 Å². The second-order valence-electron chi connectivity index (χ2n) is 6.80. The van der Waals surface area contributed by atoms with Gasteiger partial charge in [-0.3, -0.25) is 9.59 Å². The maximum atomic E-state index is 12.6. The molecule has 27 heavy (non-hydrogen) atoms. The lowest BCUT2D eigenvalue weighted by molar-refractivity contribution is -0.135. The highest BCUT2D eigenvalue weighted by Gasteiger charge is 2.26. The van der Waals surface area contributed by atoms with Gasteiger partial charge in [0.1, 0.15) is 5.75 Å². The van der Waals surface area contributed by atoms with Gasteiger partial charge in [0.2, 0.25) is 11.8 Å². The number of carbonyl (C=O) groups excluding carboxylic acids is 2. The Bertz CT molecular complexity index is 598. The van der Waals surface area contributed by atoms with Crippen LogP contribution in [0.15, 0.2) is 24.3 Å². The molecule has 1 saturated heterocycles. The zero-order valence-electron chi connectivity index (χ0n) is 16.1. The van der Waals surface area contributed by atoms with Gasteiger partial charge in [-0.2, -0.15) is 0 Å². The number of nitrogens with one attached hydrogen (secondary N) is 1. The Labute approximate surface area is 168 Å². The summed E-state index contributed by atoms with van der Waals surface area (Å²) in [5, 5.41) is 2.90. The van der Waals surface area contributed by atoms with E-state index in [-0.39, 0.29) is 30.3 Å². The second kappa shape index (κ2) is 12.6. The first-order valence-electron chi connectivity index (χ1n) is 9.56. The average Bonchev–Trinajstić information content (AvgIpc) is 2.65. The van der Waals surface area contributed by atoms with Crippen LogP contribution in [0.4, 0.5) is 0 Å². The summed E-state index contributed by atoms with van der Waals surface area (Å²) in [6.07, 6.45) is 4.55. The number of benzene rings is 1. The number of piperidine rings is 1. The molecule has 152 valence electrons. The van der Waals surface area contributed by atoms with Crippen molar-refractivity contribution in [1.82, 2.24) is 10.2 Å². The number of nitrogens with two attached hydrogens (primary N) is 1. The molecule has 3 N–H and O–H groups in total. The van der Waals surface area contributed by atoms with Gasteiger partial charge in [0.15, 0.2) is 0 Å². The maximum absolute atomic E-state index is 12.6. The molecule has 6 nitrogen and oxygen atoms in total. The van der Waals surface area contributed by atoms with Crippen LogP contribution in [0.2, 0.25) is 0 Å². The number of ether oxygens (including phenoxy) is 1. The Morgan fingerprint density at radius 1 is 1.26 bits per heavy atom. The van der Waals surface area contributed by atoms with E-state index in [4.69, 9.17) is 10.5 Å². The average molecular weight is 398 g/mol. The molecule has 0 radical (unpaired) electrons. The smallest absolute Gasteiger partial charge is 0.223 e. The lowest BCUT2D eigenvalue weighted by Crippen LogP contribution is -2.49. The number of halogens is 1. The first kappa shape index (κ1) is 23.2. The van der Waals surface area contributed by atoms with E-state index >= 15 is 0 Å². The Kier molecular flexibility index (Phi) is 10.8. The number of amides is 2. The Morgan fingerprint density at radius 2 is 2.04 bits per heavy atom. The fraction of sp³-hybridized carbons (Fsp3) is 0.600. The van der Waals surface area contributed by atoms with Crippen LogP contribution >= 0.6 is 12.4 Å². The minimum atomic E-state index is -0.0443. The monoisotopic (exact) mass is 397 g/mol. The van der Waals surface area contributed by atoms with Crippen molar-refractivity contribution in [3.63, 3.8) is 0 Å². The fourth-order valence-electron chi connectivity index (χ4n) is 3.26. The van der Waals surface area contributed by atoms with Crippen molar-refractivity contribution in [3.8, 4) is 5.75 Å². The van der Waals surface area contributed by atoms with Crippen LogP contribution in [0.25, 0.3) is 0 Å². The Balaban J connectivity index is 0.00000364. The van der Waals surface area contributed by atoms with E-state index < -0.39 is 0 Å². The standard InChI is InChI=1S/C20H31N3O3.ClH/c1-16-7-2-3-9-18(16)26-14-6-10-20(25)23-13-5-4-8-17(23)15-22-19(24)11-12-21;/h2-3,7,9,17H,4-6,8,10-15,21H2,1H3,(H,22,24);1H. The molecule has 0 bridgehead atoms. The summed E-state index contributed by atoms with van der Waals surface area (Å²) in [6, 6.07) is 7.98. The van der Waals surface area contributed by atoms with Crippen LogP contribution in [0.1, 0.15) is 44.1 Å². The molecule has 0 saturated carbocycles. The predicted octanol–water partition coefficient (Wildman–Crippen LogP) is 2.42. The van der Waals surface area contributed by atoms with Gasteiger partial charge in [-0.05, 0) is 44.2 Å². The van der Waals surface area contributed by atoms with E-state index in [1.807, 2.05) is 36.1 Å². The molecule has 1 heterocycles. The first-order valence-corrected chi connectivity index (χ1v) is 9.56. The largest absolute Gasteiger partial charge is 0.493 e. The van der Waals surface area contributed by atoms with Crippen molar-refractivity contribution in [2.24, 2.45) is 5.73 Å². The summed E-state index contributed by atoms with van der Waals surface area (Å²) < 4.78 is 5.77. The lowest BCUT2D eigenvalue weighted by atomic mass is 10.0. The minimum absolute atomic E-state index is 0.